The van der Waals surface area contributed by atoms with E-state index in [0.717, 1.165) is 67.8 Å². The fourth-order valence-corrected chi connectivity index (χ4v) is 6.78. The highest BCUT2D eigenvalue weighted by molar-refractivity contribution is 5.55. The Morgan fingerprint density at radius 1 is 0.681 bits per heavy atom. The Labute approximate surface area is 276 Å². The van der Waals surface area contributed by atoms with Gasteiger partial charge in [-0.05, 0) is 66.1 Å². The average molecular weight is 629 g/mol. The number of allylic oxidation sites excluding steroid dienone is 3. The third kappa shape index (κ3) is 6.66. The molecule has 3 heterocycles. The second-order valence-corrected chi connectivity index (χ2v) is 12.9. The molecule has 0 spiro atoms. The Morgan fingerprint density at radius 2 is 1.34 bits per heavy atom. The Bertz CT molecular complexity index is 1800. The van der Waals surface area contributed by atoms with E-state index < -0.39 is 0 Å². The van der Waals surface area contributed by atoms with Gasteiger partial charge in [0.25, 0.3) is 0 Å². The molecule has 0 fully saturated rings. The van der Waals surface area contributed by atoms with E-state index in [-0.39, 0.29) is 5.92 Å². The van der Waals surface area contributed by atoms with Gasteiger partial charge in [-0.25, -0.2) is 0 Å². The van der Waals surface area contributed by atoms with Crippen molar-refractivity contribution >= 4 is 11.4 Å². The van der Waals surface area contributed by atoms with Crippen molar-refractivity contribution in [1.29, 1.82) is 0 Å². The first-order valence-electron chi connectivity index (χ1n) is 16.4. The minimum Gasteiger partial charge on any atom is -0.512 e. The normalized spacial score (nSPS) is 18.9. The lowest BCUT2D eigenvalue weighted by Crippen LogP contribution is -2.33. The molecule has 3 aliphatic heterocycles. The number of aliphatic hydroxyl groups is 1. The zero-order valence-corrected chi connectivity index (χ0v) is 26.5. The van der Waals surface area contributed by atoms with E-state index in [0.29, 0.717) is 32.5 Å². The minimum absolute atomic E-state index is 0.108. The van der Waals surface area contributed by atoms with Gasteiger partial charge in [0, 0.05) is 73.3 Å². The summed E-state index contributed by atoms with van der Waals surface area (Å²) in [4.78, 5) is 6.93. The number of hydrogen-bond donors (Lipinski definition) is 2. The van der Waals surface area contributed by atoms with Gasteiger partial charge in [-0.3, -0.25) is 9.80 Å². The number of nitrogens with zero attached hydrogens (tertiary/aromatic N) is 3. The maximum atomic E-state index is 10.2. The van der Waals surface area contributed by atoms with Crippen LogP contribution in [0.4, 0.5) is 11.4 Å². The first kappa shape index (κ1) is 29.5. The molecule has 1 aliphatic carbocycles. The number of hydrogen-bond acceptors (Lipinski definition) is 8. The van der Waals surface area contributed by atoms with Crippen LogP contribution in [0.1, 0.15) is 34.2 Å². The lowest BCUT2D eigenvalue weighted by atomic mass is 9.98. The van der Waals surface area contributed by atoms with Crippen LogP contribution in [0, 0.1) is 5.92 Å². The predicted molar refractivity (Wildman–Crippen MR) is 183 cm³/mol. The number of benzene rings is 4. The third-order valence-corrected chi connectivity index (χ3v) is 9.40. The molecular formula is C39H40N4O4. The van der Waals surface area contributed by atoms with Crippen molar-refractivity contribution < 1.29 is 19.3 Å². The van der Waals surface area contributed by atoms with Crippen molar-refractivity contribution in [2.24, 2.45) is 5.92 Å². The Hall–Kier alpha value is -4.92. The zero-order chi connectivity index (χ0) is 31.6. The summed E-state index contributed by atoms with van der Waals surface area (Å²) in [6, 6.07) is 29.9. The summed E-state index contributed by atoms with van der Waals surface area (Å²) < 4.78 is 18.3. The van der Waals surface area contributed by atoms with E-state index >= 15 is 0 Å². The molecule has 1 atom stereocenters. The second kappa shape index (κ2) is 13.1. The highest BCUT2D eigenvalue weighted by Gasteiger charge is 2.23. The second-order valence-electron chi connectivity index (χ2n) is 12.9. The van der Waals surface area contributed by atoms with Gasteiger partial charge in [0.1, 0.15) is 30.7 Å². The summed E-state index contributed by atoms with van der Waals surface area (Å²) >= 11 is 0. The van der Waals surface area contributed by atoms with E-state index in [4.69, 9.17) is 14.2 Å². The van der Waals surface area contributed by atoms with Gasteiger partial charge in [0.05, 0.1) is 5.76 Å². The minimum atomic E-state index is 0.108. The van der Waals surface area contributed by atoms with Crippen LogP contribution in [-0.4, -0.2) is 41.6 Å². The number of aliphatic hydroxyl groups excluding tert-OH is 1. The topological polar surface area (TPSA) is 69.7 Å². The molecular weight excluding hydrogens is 588 g/mol. The van der Waals surface area contributed by atoms with Gasteiger partial charge in [-0.2, -0.15) is 0 Å². The zero-order valence-electron chi connectivity index (χ0n) is 26.5. The van der Waals surface area contributed by atoms with Crippen molar-refractivity contribution in [2.75, 3.05) is 37.0 Å². The fourth-order valence-electron chi connectivity index (χ4n) is 6.78. The smallest absolute Gasteiger partial charge is 0.161 e. The summed E-state index contributed by atoms with van der Waals surface area (Å²) in [5, 5.41) is 13.6. The maximum Gasteiger partial charge on any atom is 0.161 e. The first-order valence-corrected chi connectivity index (χ1v) is 16.4. The molecule has 0 saturated carbocycles. The summed E-state index contributed by atoms with van der Waals surface area (Å²) in [6.07, 6.45) is 6.64. The molecule has 0 radical (unpaired) electrons. The van der Waals surface area contributed by atoms with E-state index in [1.54, 1.807) is 6.08 Å². The Kier molecular flexibility index (Phi) is 8.19. The van der Waals surface area contributed by atoms with Crippen LogP contribution in [0.15, 0.2) is 109 Å². The standard InChI is InChI=1S/C39H40N4O4/c44-36-7-3-1-5-30(36)19-40-34-13-15-38-32(17-34)22-41(25-45-38)20-28-9-11-29(12-10-28)21-42-23-33-18-35(14-16-39(33)46-26-42)43-24-31-6-2-4-8-37(31)47-27-43/h1-4,6-18,30,40,44H,5,19-27H2. The van der Waals surface area contributed by atoms with Crippen LogP contribution >= 0.6 is 0 Å². The molecule has 0 amide bonds. The summed E-state index contributed by atoms with van der Waals surface area (Å²) in [5.74, 6) is 3.43. The number of anilines is 2. The van der Waals surface area contributed by atoms with Crippen molar-refractivity contribution in [2.45, 2.75) is 39.1 Å². The molecule has 8 rings (SSSR count). The monoisotopic (exact) mass is 628 g/mol. The van der Waals surface area contributed by atoms with E-state index in [1.807, 2.05) is 24.3 Å². The Morgan fingerprint density at radius 3 is 2.09 bits per heavy atom. The van der Waals surface area contributed by atoms with E-state index in [9.17, 15) is 5.11 Å². The van der Waals surface area contributed by atoms with Crippen LogP contribution in [-0.2, 0) is 32.7 Å². The molecule has 0 bridgehead atoms. The van der Waals surface area contributed by atoms with Gasteiger partial charge in [0.15, 0.2) is 6.73 Å². The van der Waals surface area contributed by atoms with Crippen LogP contribution in [0.2, 0.25) is 0 Å². The molecule has 47 heavy (non-hydrogen) atoms. The summed E-state index contributed by atoms with van der Waals surface area (Å²) in [7, 11) is 0. The van der Waals surface area contributed by atoms with Crippen molar-refractivity contribution in [3.8, 4) is 17.2 Å². The number of fused-ring (bicyclic) bond motifs is 3. The fraction of sp³-hybridized carbons (Fsp3) is 0.282. The highest BCUT2D eigenvalue weighted by Crippen LogP contribution is 2.34. The third-order valence-electron chi connectivity index (χ3n) is 9.40. The lowest BCUT2D eigenvalue weighted by molar-refractivity contribution is 0.0878. The number of nitrogens with one attached hydrogen (secondary N) is 1. The molecule has 0 saturated heterocycles. The van der Waals surface area contributed by atoms with Gasteiger partial charge in [0.2, 0.25) is 0 Å². The van der Waals surface area contributed by atoms with Crippen molar-refractivity contribution in [3.63, 3.8) is 0 Å². The molecule has 2 N–H and O–H groups in total. The summed E-state index contributed by atoms with van der Waals surface area (Å²) in [5.41, 5.74) is 8.32. The number of para-hydroxylation sites is 1. The van der Waals surface area contributed by atoms with Crippen molar-refractivity contribution in [1.82, 2.24) is 9.80 Å². The lowest BCUT2D eigenvalue weighted by Gasteiger charge is -2.33. The largest absolute Gasteiger partial charge is 0.512 e. The van der Waals surface area contributed by atoms with Gasteiger partial charge >= 0.3 is 0 Å². The molecule has 8 heteroatoms. The van der Waals surface area contributed by atoms with Crippen LogP contribution in [0.25, 0.3) is 0 Å². The maximum absolute atomic E-state index is 10.2. The molecule has 4 aromatic carbocycles. The SMILES string of the molecule is OC1=CC=CCC1CNc1ccc2c(c1)CN(Cc1ccc(CN3COc4ccc(N5COc6ccccc6C5)cc4C3)cc1)CO2. The average Bonchev–Trinajstić information content (AvgIpc) is 3.11. The van der Waals surface area contributed by atoms with E-state index in [2.05, 4.69) is 92.8 Å². The molecule has 1 unspecified atom stereocenters. The van der Waals surface area contributed by atoms with E-state index in [1.165, 1.54) is 27.8 Å². The van der Waals surface area contributed by atoms with Gasteiger partial charge in [-0.1, -0.05) is 54.6 Å². The number of ether oxygens (including phenoxy) is 3. The van der Waals surface area contributed by atoms with Gasteiger partial charge < -0.3 is 29.5 Å². The molecule has 240 valence electrons. The predicted octanol–water partition coefficient (Wildman–Crippen LogP) is 7.18. The Balaban J connectivity index is 0.851. The van der Waals surface area contributed by atoms with Gasteiger partial charge in [-0.15, -0.1) is 0 Å². The quantitative estimate of drug-likeness (QED) is 0.213. The van der Waals surface area contributed by atoms with Crippen LogP contribution in [0.5, 0.6) is 17.2 Å². The molecule has 4 aliphatic rings. The first-order chi connectivity index (χ1) is 23.1. The van der Waals surface area contributed by atoms with Crippen LogP contribution < -0.4 is 24.4 Å². The molecule has 0 aromatic heterocycles. The number of rotatable bonds is 8. The summed E-state index contributed by atoms with van der Waals surface area (Å²) in [6.45, 7) is 6.53. The molecule has 8 nitrogen and oxygen atoms in total. The van der Waals surface area contributed by atoms with Crippen LogP contribution in [0.3, 0.4) is 0 Å². The van der Waals surface area contributed by atoms with Crippen molar-refractivity contribution in [3.05, 3.63) is 137 Å². The highest BCUT2D eigenvalue weighted by atomic mass is 16.5. The molecule has 4 aromatic rings.